The van der Waals surface area contributed by atoms with Crippen molar-refractivity contribution >= 4 is 0 Å². The summed E-state index contributed by atoms with van der Waals surface area (Å²) in [6.45, 7) is 0.655. The van der Waals surface area contributed by atoms with Gasteiger partial charge in [-0.3, -0.25) is 5.43 Å². The van der Waals surface area contributed by atoms with Gasteiger partial charge in [0, 0.05) is 18.7 Å². The van der Waals surface area contributed by atoms with Gasteiger partial charge in [0.25, 0.3) is 0 Å². The van der Waals surface area contributed by atoms with E-state index < -0.39 is 11.7 Å². The molecule has 0 aliphatic carbocycles. The molecule has 1 aromatic heterocycles. The molecule has 0 saturated carbocycles. The van der Waals surface area contributed by atoms with Gasteiger partial charge in [0.1, 0.15) is 6.33 Å². The number of hydrazine groups is 1. The number of alkyl halides is 3. The summed E-state index contributed by atoms with van der Waals surface area (Å²) >= 11 is 0. The largest absolute Gasteiger partial charge is 0.416 e. The molecule has 1 aliphatic heterocycles. The first-order chi connectivity index (χ1) is 10.1. The van der Waals surface area contributed by atoms with Crippen molar-refractivity contribution in [3.63, 3.8) is 0 Å². The van der Waals surface area contributed by atoms with Gasteiger partial charge in [-0.05, 0) is 23.8 Å². The average molecular weight is 294 g/mol. The second-order valence-electron chi connectivity index (χ2n) is 4.86. The summed E-state index contributed by atoms with van der Waals surface area (Å²) in [4.78, 5) is 8.10. The van der Waals surface area contributed by atoms with Gasteiger partial charge in [-0.15, -0.1) is 0 Å². The summed E-state index contributed by atoms with van der Waals surface area (Å²) in [5, 5.41) is 0. The quantitative estimate of drug-likeness (QED) is 0.893. The molecule has 0 radical (unpaired) electrons. The summed E-state index contributed by atoms with van der Waals surface area (Å²) in [5.41, 5.74) is 7.12. The number of benzene rings is 1. The molecule has 1 fully saturated rings. The maximum atomic E-state index is 12.6. The molecular formula is C14H13F3N4. The van der Waals surface area contributed by atoms with E-state index in [1.807, 2.05) is 6.07 Å². The molecular weight excluding hydrogens is 281 g/mol. The minimum Gasteiger partial charge on any atom is -0.257 e. The highest BCUT2D eigenvalue weighted by atomic mass is 19.4. The minimum absolute atomic E-state index is 0.0461. The van der Waals surface area contributed by atoms with E-state index in [4.69, 9.17) is 0 Å². The third-order valence-corrected chi connectivity index (χ3v) is 3.56. The molecule has 7 heteroatoms. The topological polar surface area (TPSA) is 49.8 Å². The molecule has 3 rings (SSSR count). The second kappa shape index (κ2) is 5.42. The molecule has 2 atom stereocenters. The van der Waals surface area contributed by atoms with E-state index in [9.17, 15) is 13.2 Å². The number of halogens is 3. The Labute approximate surface area is 119 Å². The van der Waals surface area contributed by atoms with E-state index >= 15 is 0 Å². The van der Waals surface area contributed by atoms with Gasteiger partial charge in [0.15, 0.2) is 0 Å². The smallest absolute Gasteiger partial charge is 0.257 e. The normalized spacial score (nSPS) is 22.4. The van der Waals surface area contributed by atoms with Crippen LogP contribution in [0.25, 0.3) is 0 Å². The highest BCUT2D eigenvalue weighted by molar-refractivity contribution is 5.30. The third kappa shape index (κ3) is 2.88. The molecule has 0 amide bonds. The van der Waals surface area contributed by atoms with E-state index in [-0.39, 0.29) is 12.0 Å². The molecule has 21 heavy (non-hydrogen) atoms. The molecule has 0 bridgehead atoms. The van der Waals surface area contributed by atoms with Crippen LogP contribution < -0.4 is 10.9 Å². The zero-order chi connectivity index (χ0) is 14.9. The maximum Gasteiger partial charge on any atom is 0.416 e. The van der Waals surface area contributed by atoms with Crippen LogP contribution in [0.1, 0.15) is 28.8 Å². The van der Waals surface area contributed by atoms with Gasteiger partial charge in [0.05, 0.1) is 17.3 Å². The Balaban J connectivity index is 1.86. The highest BCUT2D eigenvalue weighted by Gasteiger charge is 2.33. The zero-order valence-electron chi connectivity index (χ0n) is 10.9. The van der Waals surface area contributed by atoms with Gasteiger partial charge >= 0.3 is 6.18 Å². The lowest BCUT2D eigenvalue weighted by Crippen LogP contribution is -2.25. The molecule has 110 valence electrons. The van der Waals surface area contributed by atoms with Crippen LogP contribution in [0, 0.1) is 0 Å². The van der Waals surface area contributed by atoms with Crippen LogP contribution in [-0.2, 0) is 6.18 Å². The first kappa shape index (κ1) is 14.0. The Morgan fingerprint density at radius 3 is 2.48 bits per heavy atom. The molecule has 0 spiro atoms. The van der Waals surface area contributed by atoms with Crippen molar-refractivity contribution in [3.8, 4) is 0 Å². The van der Waals surface area contributed by atoms with Gasteiger partial charge in [0.2, 0.25) is 0 Å². The van der Waals surface area contributed by atoms with E-state index in [2.05, 4.69) is 20.8 Å². The van der Waals surface area contributed by atoms with Crippen LogP contribution in [0.5, 0.6) is 0 Å². The number of nitrogens with one attached hydrogen (secondary N) is 2. The van der Waals surface area contributed by atoms with Crippen molar-refractivity contribution in [1.29, 1.82) is 0 Å². The van der Waals surface area contributed by atoms with Crippen LogP contribution in [0.15, 0.2) is 42.9 Å². The first-order valence-corrected chi connectivity index (χ1v) is 6.47. The Kier molecular flexibility index (Phi) is 3.60. The van der Waals surface area contributed by atoms with Gasteiger partial charge in [-0.25, -0.2) is 15.4 Å². The standard InChI is InChI=1S/C14H13F3N4/c15-14(16,17)10-3-1-9(2-4-10)13-11(7-20-21-13)12-5-6-18-8-19-12/h1-6,8,11,13,20-21H,7H2. The second-order valence-corrected chi connectivity index (χ2v) is 4.86. The van der Waals surface area contributed by atoms with Crippen molar-refractivity contribution < 1.29 is 13.2 Å². The van der Waals surface area contributed by atoms with Gasteiger partial charge < -0.3 is 0 Å². The van der Waals surface area contributed by atoms with Crippen LogP contribution in [0.2, 0.25) is 0 Å². The lowest BCUT2D eigenvalue weighted by atomic mass is 9.91. The molecule has 1 saturated heterocycles. The number of hydrogen-bond acceptors (Lipinski definition) is 4. The Morgan fingerprint density at radius 2 is 1.86 bits per heavy atom. The molecule has 2 N–H and O–H groups in total. The molecule has 2 aromatic rings. The first-order valence-electron chi connectivity index (χ1n) is 6.47. The molecule has 1 aliphatic rings. The van der Waals surface area contributed by atoms with Crippen molar-refractivity contribution in [3.05, 3.63) is 59.7 Å². The molecule has 1 aromatic carbocycles. The Hall–Kier alpha value is -1.99. The van der Waals surface area contributed by atoms with E-state index in [0.717, 1.165) is 23.4 Å². The van der Waals surface area contributed by atoms with E-state index in [1.165, 1.54) is 18.5 Å². The fourth-order valence-electron chi connectivity index (χ4n) is 2.49. The Bertz CT molecular complexity index is 598. The fourth-order valence-corrected chi connectivity index (χ4v) is 2.49. The SMILES string of the molecule is FC(F)(F)c1ccc(C2NNCC2c2ccncn2)cc1. The summed E-state index contributed by atoms with van der Waals surface area (Å²) in [6, 6.07) is 6.90. The number of rotatable bonds is 2. The van der Waals surface area contributed by atoms with Crippen molar-refractivity contribution in [2.45, 2.75) is 18.1 Å². The van der Waals surface area contributed by atoms with Gasteiger partial charge in [-0.1, -0.05) is 12.1 Å². The van der Waals surface area contributed by atoms with Crippen molar-refractivity contribution in [2.24, 2.45) is 0 Å². The Morgan fingerprint density at radius 1 is 1.10 bits per heavy atom. The van der Waals surface area contributed by atoms with Crippen LogP contribution in [-0.4, -0.2) is 16.5 Å². The lowest BCUT2D eigenvalue weighted by Gasteiger charge is -2.18. The summed E-state index contributed by atoms with van der Waals surface area (Å²) in [5.74, 6) is 0.0461. The number of aromatic nitrogens is 2. The third-order valence-electron chi connectivity index (χ3n) is 3.56. The average Bonchev–Trinajstić information content (AvgIpc) is 2.97. The van der Waals surface area contributed by atoms with Crippen molar-refractivity contribution in [2.75, 3.05) is 6.54 Å². The zero-order valence-corrected chi connectivity index (χ0v) is 10.9. The van der Waals surface area contributed by atoms with Gasteiger partial charge in [-0.2, -0.15) is 13.2 Å². The van der Waals surface area contributed by atoms with Crippen LogP contribution in [0.3, 0.4) is 0 Å². The van der Waals surface area contributed by atoms with E-state index in [1.54, 1.807) is 6.20 Å². The summed E-state index contributed by atoms with van der Waals surface area (Å²) in [6.07, 6.45) is -1.19. The highest BCUT2D eigenvalue weighted by Crippen LogP contribution is 2.34. The lowest BCUT2D eigenvalue weighted by molar-refractivity contribution is -0.137. The molecule has 2 heterocycles. The van der Waals surface area contributed by atoms with Crippen molar-refractivity contribution in [1.82, 2.24) is 20.8 Å². The fraction of sp³-hybridized carbons (Fsp3) is 0.286. The summed E-state index contributed by atoms with van der Waals surface area (Å²) in [7, 11) is 0. The predicted octanol–water partition coefficient (Wildman–Crippen LogP) is 2.43. The monoisotopic (exact) mass is 294 g/mol. The van der Waals surface area contributed by atoms with E-state index in [0.29, 0.717) is 6.54 Å². The van der Waals surface area contributed by atoms with Crippen LogP contribution >= 0.6 is 0 Å². The number of hydrogen-bond donors (Lipinski definition) is 2. The van der Waals surface area contributed by atoms with Crippen LogP contribution in [0.4, 0.5) is 13.2 Å². The maximum absolute atomic E-state index is 12.6. The summed E-state index contributed by atoms with van der Waals surface area (Å²) < 4.78 is 37.8. The number of nitrogens with zero attached hydrogens (tertiary/aromatic N) is 2. The molecule has 4 nitrogen and oxygen atoms in total. The molecule has 2 unspecified atom stereocenters. The predicted molar refractivity (Wildman–Crippen MR) is 70.1 cm³/mol. The minimum atomic E-state index is -4.31.